The fraction of sp³-hybridized carbons (Fsp3) is 0.200. The summed E-state index contributed by atoms with van der Waals surface area (Å²) in [6.45, 7) is 4.10. The molecule has 5 nitrogen and oxygen atoms in total. The Bertz CT molecular complexity index is 686. The van der Waals surface area contributed by atoms with Crippen LogP contribution in [0.4, 0.5) is 0 Å². The molecule has 0 amide bonds. The van der Waals surface area contributed by atoms with Gasteiger partial charge in [-0.15, -0.1) is 0 Å². The zero-order chi connectivity index (χ0) is 14.7. The number of hydrogen-bond donors (Lipinski definition) is 0. The SMILES string of the molecule is Cc1nc(COc2ccc(Oc3nccs3)cc2)oc1C. The minimum atomic E-state index is 0.307. The van der Waals surface area contributed by atoms with Gasteiger partial charge in [0.25, 0.3) is 5.19 Å². The first-order chi connectivity index (χ1) is 10.2. The third-order valence-corrected chi connectivity index (χ3v) is 3.52. The molecule has 0 spiro atoms. The Hall–Kier alpha value is -2.34. The number of oxazole rings is 1. The average Bonchev–Trinajstić information content (AvgIpc) is 3.09. The van der Waals surface area contributed by atoms with Crippen LogP contribution in [0, 0.1) is 13.8 Å². The third-order valence-electron chi connectivity index (χ3n) is 2.87. The molecule has 3 aromatic rings. The lowest BCUT2D eigenvalue weighted by Gasteiger charge is -2.05. The molecule has 2 heterocycles. The van der Waals surface area contributed by atoms with Crippen molar-refractivity contribution in [2.24, 2.45) is 0 Å². The van der Waals surface area contributed by atoms with Gasteiger partial charge in [0.2, 0.25) is 5.89 Å². The summed E-state index contributed by atoms with van der Waals surface area (Å²) in [5.41, 5.74) is 0.890. The molecule has 0 aliphatic carbocycles. The van der Waals surface area contributed by atoms with Gasteiger partial charge in [0.1, 0.15) is 17.3 Å². The molecule has 0 saturated heterocycles. The summed E-state index contributed by atoms with van der Waals surface area (Å²) >= 11 is 1.45. The van der Waals surface area contributed by atoms with Gasteiger partial charge in [0.05, 0.1) is 5.69 Å². The summed E-state index contributed by atoms with van der Waals surface area (Å²) < 4.78 is 16.7. The van der Waals surface area contributed by atoms with Crippen molar-refractivity contribution in [2.45, 2.75) is 20.5 Å². The van der Waals surface area contributed by atoms with Crippen molar-refractivity contribution in [3.05, 3.63) is 53.2 Å². The monoisotopic (exact) mass is 302 g/mol. The number of aryl methyl sites for hydroxylation is 2. The molecule has 0 fully saturated rings. The van der Waals surface area contributed by atoms with Gasteiger partial charge in [-0.1, -0.05) is 11.3 Å². The molecule has 0 aliphatic rings. The average molecular weight is 302 g/mol. The zero-order valence-electron chi connectivity index (χ0n) is 11.7. The highest BCUT2D eigenvalue weighted by Crippen LogP contribution is 2.25. The van der Waals surface area contributed by atoms with Crippen LogP contribution in [0.2, 0.25) is 0 Å². The van der Waals surface area contributed by atoms with Crippen LogP contribution >= 0.6 is 11.3 Å². The van der Waals surface area contributed by atoms with E-state index < -0.39 is 0 Å². The van der Waals surface area contributed by atoms with E-state index in [-0.39, 0.29) is 0 Å². The van der Waals surface area contributed by atoms with Crippen molar-refractivity contribution >= 4 is 11.3 Å². The second kappa shape index (κ2) is 5.97. The van der Waals surface area contributed by atoms with Crippen LogP contribution in [-0.2, 0) is 6.61 Å². The van der Waals surface area contributed by atoms with Crippen molar-refractivity contribution in [3.63, 3.8) is 0 Å². The summed E-state index contributed by atoms with van der Waals surface area (Å²) in [6.07, 6.45) is 1.71. The molecule has 1 aromatic carbocycles. The number of nitrogens with zero attached hydrogens (tertiary/aromatic N) is 2. The summed E-state index contributed by atoms with van der Waals surface area (Å²) in [5, 5.41) is 2.49. The molecular weight excluding hydrogens is 288 g/mol. The topological polar surface area (TPSA) is 57.4 Å². The van der Waals surface area contributed by atoms with E-state index in [1.165, 1.54) is 11.3 Å². The lowest BCUT2D eigenvalue weighted by atomic mass is 10.3. The fourth-order valence-electron chi connectivity index (χ4n) is 1.71. The quantitative estimate of drug-likeness (QED) is 0.709. The molecule has 108 valence electrons. The van der Waals surface area contributed by atoms with Crippen LogP contribution < -0.4 is 9.47 Å². The molecule has 2 aromatic heterocycles. The van der Waals surface area contributed by atoms with E-state index in [0.717, 1.165) is 23.0 Å². The Morgan fingerprint density at radius 3 is 2.52 bits per heavy atom. The molecule has 0 aliphatic heterocycles. The lowest BCUT2D eigenvalue weighted by Crippen LogP contribution is -1.95. The van der Waals surface area contributed by atoms with Gasteiger partial charge in [-0.3, -0.25) is 0 Å². The predicted octanol–water partition coefficient (Wildman–Crippen LogP) is 4.12. The molecule has 0 N–H and O–H groups in total. The normalized spacial score (nSPS) is 10.6. The number of hydrogen-bond acceptors (Lipinski definition) is 6. The smallest absolute Gasteiger partial charge is 0.278 e. The number of thiazole rings is 1. The van der Waals surface area contributed by atoms with Gasteiger partial charge >= 0.3 is 0 Å². The minimum Gasteiger partial charge on any atom is -0.484 e. The van der Waals surface area contributed by atoms with E-state index >= 15 is 0 Å². The van der Waals surface area contributed by atoms with Crippen molar-refractivity contribution in [1.29, 1.82) is 0 Å². The maximum atomic E-state index is 5.63. The standard InChI is InChI=1S/C15H14N2O3S/c1-10-11(2)19-14(17-10)9-18-12-3-5-13(6-4-12)20-15-16-7-8-21-15/h3-8H,9H2,1-2H3. The summed E-state index contributed by atoms with van der Waals surface area (Å²) in [7, 11) is 0. The summed E-state index contributed by atoms with van der Waals surface area (Å²) in [5.74, 6) is 2.85. The molecule has 6 heteroatoms. The Morgan fingerprint density at radius 1 is 1.14 bits per heavy atom. The van der Waals surface area contributed by atoms with Crippen LogP contribution in [0.5, 0.6) is 16.7 Å². The number of rotatable bonds is 5. The van der Waals surface area contributed by atoms with Crippen LogP contribution in [0.25, 0.3) is 0 Å². The van der Waals surface area contributed by atoms with Crippen LogP contribution in [0.15, 0.2) is 40.3 Å². The zero-order valence-corrected chi connectivity index (χ0v) is 12.5. The summed E-state index contributed by atoms with van der Waals surface area (Å²) in [4.78, 5) is 8.33. The van der Waals surface area contributed by atoms with Crippen molar-refractivity contribution in [2.75, 3.05) is 0 Å². The second-order valence-corrected chi connectivity index (χ2v) is 5.27. The Balaban J connectivity index is 1.59. The molecule has 0 atom stereocenters. The first-order valence-electron chi connectivity index (χ1n) is 6.44. The molecule has 21 heavy (non-hydrogen) atoms. The van der Waals surface area contributed by atoms with E-state index in [0.29, 0.717) is 17.7 Å². The number of ether oxygens (including phenoxy) is 2. The van der Waals surface area contributed by atoms with Gasteiger partial charge < -0.3 is 13.9 Å². The highest BCUT2D eigenvalue weighted by molar-refractivity contribution is 7.11. The Morgan fingerprint density at radius 2 is 1.90 bits per heavy atom. The molecule has 0 radical (unpaired) electrons. The molecular formula is C15H14N2O3S. The maximum Gasteiger partial charge on any atom is 0.278 e. The van der Waals surface area contributed by atoms with Crippen LogP contribution in [-0.4, -0.2) is 9.97 Å². The minimum absolute atomic E-state index is 0.307. The molecule has 0 bridgehead atoms. The molecule has 0 saturated carbocycles. The van der Waals surface area contributed by atoms with E-state index in [9.17, 15) is 0 Å². The summed E-state index contributed by atoms with van der Waals surface area (Å²) in [6, 6.07) is 7.35. The highest BCUT2D eigenvalue weighted by atomic mass is 32.1. The third kappa shape index (κ3) is 3.41. The fourth-order valence-corrected chi connectivity index (χ4v) is 2.22. The van der Waals surface area contributed by atoms with Gasteiger partial charge in [-0.25, -0.2) is 9.97 Å². The molecule has 3 rings (SSSR count). The van der Waals surface area contributed by atoms with E-state index in [1.54, 1.807) is 6.20 Å². The van der Waals surface area contributed by atoms with Gasteiger partial charge in [0.15, 0.2) is 6.61 Å². The van der Waals surface area contributed by atoms with Gasteiger partial charge in [-0.05, 0) is 38.1 Å². The number of benzene rings is 1. The van der Waals surface area contributed by atoms with E-state index in [4.69, 9.17) is 13.9 Å². The maximum absolute atomic E-state index is 5.63. The van der Waals surface area contributed by atoms with E-state index in [2.05, 4.69) is 9.97 Å². The van der Waals surface area contributed by atoms with Crippen LogP contribution in [0.1, 0.15) is 17.3 Å². The first kappa shape index (κ1) is 13.6. The second-order valence-electron chi connectivity index (χ2n) is 4.41. The Labute approximate surface area is 126 Å². The largest absolute Gasteiger partial charge is 0.484 e. The molecule has 0 unspecified atom stereocenters. The van der Waals surface area contributed by atoms with Gasteiger partial charge in [-0.2, -0.15) is 0 Å². The Kier molecular flexibility index (Phi) is 3.87. The highest BCUT2D eigenvalue weighted by Gasteiger charge is 2.06. The number of aromatic nitrogens is 2. The van der Waals surface area contributed by atoms with Crippen LogP contribution in [0.3, 0.4) is 0 Å². The van der Waals surface area contributed by atoms with Crippen molar-refractivity contribution < 1.29 is 13.9 Å². The first-order valence-corrected chi connectivity index (χ1v) is 7.32. The lowest BCUT2D eigenvalue weighted by molar-refractivity contribution is 0.260. The van der Waals surface area contributed by atoms with Gasteiger partial charge in [0, 0.05) is 11.6 Å². The van der Waals surface area contributed by atoms with Crippen molar-refractivity contribution in [3.8, 4) is 16.7 Å². The predicted molar refractivity (Wildman–Crippen MR) is 78.9 cm³/mol. The van der Waals surface area contributed by atoms with E-state index in [1.807, 2.05) is 43.5 Å². The van der Waals surface area contributed by atoms with Crippen molar-refractivity contribution in [1.82, 2.24) is 9.97 Å².